The summed E-state index contributed by atoms with van der Waals surface area (Å²) in [6, 6.07) is 0.689. The Morgan fingerprint density at radius 3 is 2.18 bits per heavy atom. The molecule has 0 aliphatic carbocycles. The van der Waals surface area contributed by atoms with E-state index in [9.17, 15) is 9.59 Å². The Hall–Kier alpha value is -1.30. The summed E-state index contributed by atoms with van der Waals surface area (Å²) in [7, 11) is 0. The lowest BCUT2D eigenvalue weighted by molar-refractivity contribution is -0.138. The molecule has 126 valence electrons. The topological polar surface area (TPSA) is 53.1 Å². The van der Waals surface area contributed by atoms with Gasteiger partial charge in [-0.3, -0.25) is 9.69 Å². The summed E-state index contributed by atoms with van der Waals surface area (Å²) < 4.78 is 5.01. The zero-order chi connectivity index (χ0) is 16.1. The van der Waals surface area contributed by atoms with E-state index in [-0.39, 0.29) is 12.0 Å². The van der Waals surface area contributed by atoms with Crippen LogP contribution in [-0.2, 0) is 9.53 Å². The molecule has 0 aromatic heterocycles. The number of likely N-dealkylation sites (tertiary alicyclic amines) is 1. The fourth-order valence-electron chi connectivity index (χ4n) is 3.49. The van der Waals surface area contributed by atoms with Crippen LogP contribution in [0.1, 0.15) is 40.0 Å². The van der Waals surface area contributed by atoms with Gasteiger partial charge in [0.15, 0.2) is 0 Å². The number of carbonyl (C=O) groups excluding carboxylic acids is 2. The second kappa shape index (κ2) is 7.81. The van der Waals surface area contributed by atoms with E-state index in [4.69, 9.17) is 4.74 Å². The van der Waals surface area contributed by atoms with Gasteiger partial charge in [0.25, 0.3) is 0 Å². The van der Waals surface area contributed by atoms with Crippen LogP contribution in [0.5, 0.6) is 0 Å². The van der Waals surface area contributed by atoms with Gasteiger partial charge < -0.3 is 14.5 Å². The molecule has 6 nitrogen and oxygen atoms in total. The van der Waals surface area contributed by atoms with Gasteiger partial charge >= 0.3 is 6.09 Å². The third-order valence-electron chi connectivity index (χ3n) is 4.74. The van der Waals surface area contributed by atoms with Crippen LogP contribution in [0.2, 0.25) is 0 Å². The number of hydrogen-bond donors (Lipinski definition) is 0. The Balaban J connectivity index is 1.80. The Bertz CT molecular complexity index is 384. The summed E-state index contributed by atoms with van der Waals surface area (Å²) in [6.45, 7) is 9.72. The number of carbonyl (C=O) groups is 2. The number of amides is 2. The van der Waals surface area contributed by atoms with Crippen molar-refractivity contribution in [2.24, 2.45) is 0 Å². The average Bonchev–Trinajstić information content (AvgIpc) is 2.48. The van der Waals surface area contributed by atoms with Crippen LogP contribution in [0.4, 0.5) is 4.79 Å². The van der Waals surface area contributed by atoms with E-state index >= 15 is 0 Å². The SMILES string of the molecule is CCOC(=O)N1CCN(CC(=O)N2[C@@H](C)CCC[C@@H]2C)CC1. The number of piperidine rings is 1. The summed E-state index contributed by atoms with van der Waals surface area (Å²) in [4.78, 5) is 30.2. The van der Waals surface area contributed by atoms with Crippen LogP contribution >= 0.6 is 0 Å². The van der Waals surface area contributed by atoms with Crippen LogP contribution in [0.3, 0.4) is 0 Å². The minimum atomic E-state index is -0.244. The lowest BCUT2D eigenvalue weighted by atomic mass is 9.97. The van der Waals surface area contributed by atoms with E-state index in [1.165, 1.54) is 6.42 Å². The van der Waals surface area contributed by atoms with Crippen molar-refractivity contribution in [3.63, 3.8) is 0 Å². The van der Waals surface area contributed by atoms with E-state index in [0.717, 1.165) is 25.9 Å². The van der Waals surface area contributed by atoms with Crippen molar-refractivity contribution in [3.05, 3.63) is 0 Å². The van der Waals surface area contributed by atoms with Gasteiger partial charge in [-0.1, -0.05) is 0 Å². The maximum Gasteiger partial charge on any atom is 0.409 e. The fourth-order valence-corrected chi connectivity index (χ4v) is 3.49. The Labute approximate surface area is 133 Å². The first-order valence-corrected chi connectivity index (χ1v) is 8.48. The molecule has 0 saturated carbocycles. The lowest BCUT2D eigenvalue weighted by Crippen LogP contribution is -2.54. The molecule has 2 saturated heterocycles. The van der Waals surface area contributed by atoms with Crippen LogP contribution < -0.4 is 0 Å². The molecular weight excluding hydrogens is 282 g/mol. The van der Waals surface area contributed by atoms with Crippen LogP contribution in [0.15, 0.2) is 0 Å². The van der Waals surface area contributed by atoms with Gasteiger partial charge in [-0.05, 0) is 40.0 Å². The monoisotopic (exact) mass is 311 g/mol. The van der Waals surface area contributed by atoms with E-state index in [1.807, 2.05) is 6.92 Å². The molecule has 6 heteroatoms. The summed E-state index contributed by atoms with van der Waals surface area (Å²) >= 11 is 0. The maximum absolute atomic E-state index is 12.6. The molecule has 0 spiro atoms. The highest BCUT2D eigenvalue weighted by Crippen LogP contribution is 2.22. The highest BCUT2D eigenvalue weighted by Gasteiger charge is 2.31. The molecule has 0 radical (unpaired) electrons. The number of hydrogen-bond acceptors (Lipinski definition) is 4. The minimum Gasteiger partial charge on any atom is -0.450 e. The summed E-state index contributed by atoms with van der Waals surface area (Å²) in [5, 5.41) is 0. The molecule has 0 unspecified atom stereocenters. The Morgan fingerprint density at radius 2 is 1.64 bits per heavy atom. The van der Waals surface area contributed by atoms with Gasteiger partial charge in [-0.25, -0.2) is 4.79 Å². The van der Waals surface area contributed by atoms with Crippen molar-refractivity contribution >= 4 is 12.0 Å². The first kappa shape index (κ1) is 17.1. The molecular formula is C16H29N3O3. The molecule has 2 rings (SSSR count). The first-order chi connectivity index (χ1) is 10.5. The van der Waals surface area contributed by atoms with Crippen molar-refractivity contribution in [1.29, 1.82) is 0 Å². The van der Waals surface area contributed by atoms with E-state index in [2.05, 4.69) is 23.6 Å². The zero-order valence-electron chi connectivity index (χ0n) is 14.1. The van der Waals surface area contributed by atoms with Crippen molar-refractivity contribution in [2.45, 2.75) is 52.1 Å². The van der Waals surface area contributed by atoms with Crippen LogP contribution in [-0.4, -0.2) is 78.1 Å². The number of piperazine rings is 1. The molecule has 2 atom stereocenters. The summed E-state index contributed by atoms with van der Waals surface area (Å²) in [5.41, 5.74) is 0. The molecule has 0 bridgehead atoms. The predicted molar refractivity (Wildman–Crippen MR) is 84.7 cm³/mol. The van der Waals surface area contributed by atoms with Crippen molar-refractivity contribution in [1.82, 2.24) is 14.7 Å². The van der Waals surface area contributed by atoms with Crippen molar-refractivity contribution < 1.29 is 14.3 Å². The van der Waals surface area contributed by atoms with Gasteiger partial charge in [-0.2, -0.15) is 0 Å². The predicted octanol–water partition coefficient (Wildman–Crippen LogP) is 1.55. The quantitative estimate of drug-likeness (QED) is 0.793. The molecule has 0 aromatic rings. The van der Waals surface area contributed by atoms with E-state index < -0.39 is 0 Å². The van der Waals surface area contributed by atoms with Gasteiger partial charge in [0, 0.05) is 38.3 Å². The highest BCUT2D eigenvalue weighted by atomic mass is 16.6. The van der Waals surface area contributed by atoms with E-state index in [1.54, 1.807) is 4.90 Å². The van der Waals surface area contributed by atoms with Crippen molar-refractivity contribution in [2.75, 3.05) is 39.3 Å². The second-order valence-corrected chi connectivity index (χ2v) is 6.39. The number of ether oxygens (including phenoxy) is 1. The summed E-state index contributed by atoms with van der Waals surface area (Å²) in [5.74, 6) is 0.226. The van der Waals surface area contributed by atoms with Crippen LogP contribution in [0, 0.1) is 0 Å². The van der Waals surface area contributed by atoms with Gasteiger partial charge in [0.1, 0.15) is 0 Å². The lowest BCUT2D eigenvalue weighted by Gasteiger charge is -2.41. The summed E-state index contributed by atoms with van der Waals surface area (Å²) in [6.07, 6.45) is 3.18. The van der Waals surface area contributed by atoms with Gasteiger partial charge in [0.2, 0.25) is 5.91 Å². The second-order valence-electron chi connectivity index (χ2n) is 6.39. The molecule has 2 amide bonds. The standard InChI is InChI=1S/C16H29N3O3/c1-4-22-16(21)18-10-8-17(9-11-18)12-15(20)19-13(2)6-5-7-14(19)3/h13-14H,4-12H2,1-3H3/t13-,14-/m0/s1. The van der Waals surface area contributed by atoms with Gasteiger partial charge in [-0.15, -0.1) is 0 Å². The van der Waals surface area contributed by atoms with Gasteiger partial charge in [0.05, 0.1) is 13.2 Å². The normalized spacial score (nSPS) is 26.9. The molecule has 2 aliphatic heterocycles. The highest BCUT2D eigenvalue weighted by molar-refractivity contribution is 5.79. The third kappa shape index (κ3) is 4.12. The average molecular weight is 311 g/mol. The largest absolute Gasteiger partial charge is 0.450 e. The van der Waals surface area contributed by atoms with Crippen molar-refractivity contribution in [3.8, 4) is 0 Å². The minimum absolute atomic E-state index is 0.226. The molecule has 0 N–H and O–H groups in total. The van der Waals surface area contributed by atoms with E-state index in [0.29, 0.717) is 38.3 Å². The molecule has 2 aliphatic rings. The smallest absolute Gasteiger partial charge is 0.409 e. The Kier molecular flexibility index (Phi) is 6.06. The maximum atomic E-state index is 12.6. The zero-order valence-corrected chi connectivity index (χ0v) is 14.1. The molecule has 2 fully saturated rings. The first-order valence-electron chi connectivity index (χ1n) is 8.48. The number of nitrogens with zero attached hydrogens (tertiary/aromatic N) is 3. The molecule has 0 aromatic carbocycles. The van der Waals surface area contributed by atoms with Crippen LogP contribution in [0.25, 0.3) is 0 Å². The fraction of sp³-hybridized carbons (Fsp3) is 0.875. The Morgan fingerprint density at radius 1 is 1.05 bits per heavy atom. The molecule has 22 heavy (non-hydrogen) atoms. The third-order valence-corrected chi connectivity index (χ3v) is 4.74. The number of rotatable bonds is 3. The molecule has 2 heterocycles.